The largest absolute Gasteiger partial charge is 0.385 e. The molecular weight excluding hydrogens is 214 g/mol. The van der Waals surface area contributed by atoms with Crippen LogP contribution in [-0.4, -0.2) is 36.6 Å². The predicted octanol–water partition coefficient (Wildman–Crippen LogP) is 2.02. The van der Waals surface area contributed by atoms with Gasteiger partial charge in [-0.05, 0) is 39.8 Å². The SMILES string of the molecule is CNC(CCCOC)Cc1ccn(C(C)C)n1. The Morgan fingerprint density at radius 2 is 2.24 bits per heavy atom. The van der Waals surface area contributed by atoms with E-state index in [0.29, 0.717) is 12.1 Å². The van der Waals surface area contributed by atoms with E-state index in [1.165, 1.54) is 0 Å². The fourth-order valence-electron chi connectivity index (χ4n) is 1.85. The van der Waals surface area contributed by atoms with Crippen LogP contribution in [0.1, 0.15) is 38.4 Å². The second kappa shape index (κ2) is 7.45. The summed E-state index contributed by atoms with van der Waals surface area (Å²) in [7, 11) is 3.76. The van der Waals surface area contributed by atoms with Crippen molar-refractivity contribution in [3.63, 3.8) is 0 Å². The van der Waals surface area contributed by atoms with Gasteiger partial charge in [0.1, 0.15) is 0 Å². The lowest BCUT2D eigenvalue weighted by Gasteiger charge is -2.14. The molecule has 0 fully saturated rings. The van der Waals surface area contributed by atoms with Crippen LogP contribution in [0.5, 0.6) is 0 Å². The molecule has 1 heterocycles. The molecule has 0 saturated carbocycles. The normalized spacial score (nSPS) is 13.2. The Labute approximate surface area is 104 Å². The van der Waals surface area contributed by atoms with E-state index in [0.717, 1.165) is 31.6 Å². The molecule has 0 aliphatic rings. The number of nitrogens with zero attached hydrogens (tertiary/aromatic N) is 2. The molecule has 0 radical (unpaired) electrons. The highest BCUT2D eigenvalue weighted by molar-refractivity contribution is 5.02. The van der Waals surface area contributed by atoms with Crippen molar-refractivity contribution in [3.8, 4) is 0 Å². The zero-order valence-electron chi connectivity index (χ0n) is 11.4. The summed E-state index contributed by atoms with van der Waals surface area (Å²) in [6, 6.07) is 3.03. The molecule has 0 bridgehead atoms. The van der Waals surface area contributed by atoms with Crippen LogP contribution < -0.4 is 5.32 Å². The van der Waals surface area contributed by atoms with E-state index >= 15 is 0 Å². The van der Waals surface area contributed by atoms with Gasteiger partial charge in [0.25, 0.3) is 0 Å². The van der Waals surface area contributed by atoms with E-state index in [-0.39, 0.29) is 0 Å². The lowest BCUT2D eigenvalue weighted by atomic mass is 10.1. The first-order valence-corrected chi connectivity index (χ1v) is 6.37. The van der Waals surface area contributed by atoms with E-state index in [1.807, 2.05) is 11.7 Å². The molecule has 0 spiro atoms. The highest BCUT2D eigenvalue weighted by atomic mass is 16.5. The van der Waals surface area contributed by atoms with Crippen LogP contribution in [0.15, 0.2) is 12.3 Å². The van der Waals surface area contributed by atoms with Crippen LogP contribution in [0.4, 0.5) is 0 Å². The van der Waals surface area contributed by atoms with Crippen molar-refractivity contribution in [1.82, 2.24) is 15.1 Å². The van der Waals surface area contributed by atoms with Gasteiger partial charge in [0, 0.05) is 38.4 Å². The first kappa shape index (κ1) is 14.2. The topological polar surface area (TPSA) is 39.1 Å². The minimum atomic E-state index is 0.435. The van der Waals surface area contributed by atoms with Gasteiger partial charge >= 0.3 is 0 Å². The summed E-state index contributed by atoms with van der Waals surface area (Å²) in [6.45, 7) is 5.12. The highest BCUT2D eigenvalue weighted by Crippen LogP contribution is 2.08. The van der Waals surface area contributed by atoms with E-state index in [4.69, 9.17) is 4.74 Å². The average Bonchev–Trinajstić information content (AvgIpc) is 2.76. The fraction of sp³-hybridized carbons (Fsp3) is 0.769. The number of likely N-dealkylation sites (N-methyl/N-ethyl adjacent to an activating group) is 1. The van der Waals surface area contributed by atoms with Gasteiger partial charge in [-0.15, -0.1) is 0 Å². The number of hydrogen-bond acceptors (Lipinski definition) is 3. The van der Waals surface area contributed by atoms with Crippen LogP contribution in [0.25, 0.3) is 0 Å². The van der Waals surface area contributed by atoms with Gasteiger partial charge in [0.2, 0.25) is 0 Å². The van der Waals surface area contributed by atoms with Crippen molar-refractivity contribution >= 4 is 0 Å². The zero-order valence-corrected chi connectivity index (χ0v) is 11.4. The van der Waals surface area contributed by atoms with Crippen molar-refractivity contribution in [1.29, 1.82) is 0 Å². The van der Waals surface area contributed by atoms with Gasteiger partial charge in [-0.25, -0.2) is 0 Å². The lowest BCUT2D eigenvalue weighted by Crippen LogP contribution is -2.28. The van der Waals surface area contributed by atoms with Gasteiger partial charge in [-0.3, -0.25) is 4.68 Å². The Morgan fingerprint density at radius 3 is 2.76 bits per heavy atom. The summed E-state index contributed by atoms with van der Waals surface area (Å²) < 4.78 is 7.09. The number of methoxy groups -OCH3 is 1. The fourth-order valence-corrected chi connectivity index (χ4v) is 1.85. The number of aromatic nitrogens is 2. The third kappa shape index (κ3) is 4.88. The molecule has 0 aliphatic heterocycles. The van der Waals surface area contributed by atoms with Gasteiger partial charge in [0.05, 0.1) is 5.69 Å². The average molecular weight is 239 g/mol. The van der Waals surface area contributed by atoms with Crippen LogP contribution in [0.3, 0.4) is 0 Å². The van der Waals surface area contributed by atoms with Gasteiger partial charge < -0.3 is 10.1 Å². The minimum Gasteiger partial charge on any atom is -0.385 e. The third-order valence-electron chi connectivity index (χ3n) is 2.96. The molecule has 17 heavy (non-hydrogen) atoms. The van der Waals surface area contributed by atoms with Crippen LogP contribution in [-0.2, 0) is 11.2 Å². The molecule has 1 N–H and O–H groups in total. The zero-order chi connectivity index (χ0) is 12.7. The molecule has 1 rings (SSSR count). The van der Waals surface area contributed by atoms with Gasteiger partial charge in [0.15, 0.2) is 0 Å². The maximum Gasteiger partial charge on any atom is 0.0640 e. The van der Waals surface area contributed by atoms with Gasteiger partial charge in [-0.1, -0.05) is 0 Å². The first-order valence-electron chi connectivity index (χ1n) is 6.37. The highest BCUT2D eigenvalue weighted by Gasteiger charge is 2.09. The quantitative estimate of drug-likeness (QED) is 0.705. The maximum atomic E-state index is 5.07. The molecule has 98 valence electrons. The molecule has 1 unspecified atom stereocenters. The molecule has 4 nitrogen and oxygen atoms in total. The Hall–Kier alpha value is -0.870. The Balaban J connectivity index is 2.43. The molecule has 0 saturated heterocycles. The molecule has 1 aromatic rings. The maximum absolute atomic E-state index is 5.07. The molecule has 1 aromatic heterocycles. The molecule has 0 amide bonds. The van der Waals surface area contributed by atoms with Crippen LogP contribution >= 0.6 is 0 Å². The van der Waals surface area contributed by atoms with Crippen molar-refractivity contribution in [2.75, 3.05) is 20.8 Å². The van der Waals surface area contributed by atoms with Crippen molar-refractivity contribution in [2.24, 2.45) is 0 Å². The summed E-state index contributed by atoms with van der Waals surface area (Å²) in [5.41, 5.74) is 1.16. The van der Waals surface area contributed by atoms with Crippen molar-refractivity contribution < 1.29 is 4.74 Å². The molecule has 1 atom stereocenters. The second-order valence-electron chi connectivity index (χ2n) is 4.71. The number of rotatable bonds is 8. The standard InChI is InChI=1S/C13H25N3O/c1-11(2)16-8-7-13(15-16)10-12(14-3)6-5-9-17-4/h7-8,11-12,14H,5-6,9-10H2,1-4H3. The monoisotopic (exact) mass is 239 g/mol. The molecule has 0 aliphatic carbocycles. The van der Waals surface area contributed by atoms with E-state index in [9.17, 15) is 0 Å². The Bertz CT molecular complexity index is 309. The molecule has 0 aromatic carbocycles. The van der Waals surface area contributed by atoms with Crippen molar-refractivity contribution in [2.45, 2.75) is 45.2 Å². The van der Waals surface area contributed by atoms with Crippen molar-refractivity contribution in [3.05, 3.63) is 18.0 Å². The van der Waals surface area contributed by atoms with Crippen LogP contribution in [0.2, 0.25) is 0 Å². The number of nitrogens with one attached hydrogen (secondary N) is 1. The molecule has 4 heteroatoms. The molecular formula is C13H25N3O. The Kier molecular flexibility index (Phi) is 6.22. The summed E-state index contributed by atoms with van der Waals surface area (Å²) in [6.07, 6.45) is 5.26. The number of ether oxygens (including phenoxy) is 1. The summed E-state index contributed by atoms with van der Waals surface area (Å²) >= 11 is 0. The van der Waals surface area contributed by atoms with E-state index < -0.39 is 0 Å². The summed E-state index contributed by atoms with van der Waals surface area (Å²) in [5.74, 6) is 0. The van der Waals surface area contributed by atoms with Crippen LogP contribution in [0, 0.1) is 0 Å². The van der Waals surface area contributed by atoms with E-state index in [1.54, 1.807) is 7.11 Å². The Morgan fingerprint density at radius 1 is 1.47 bits per heavy atom. The smallest absolute Gasteiger partial charge is 0.0640 e. The predicted molar refractivity (Wildman–Crippen MR) is 70.3 cm³/mol. The van der Waals surface area contributed by atoms with E-state index in [2.05, 4.69) is 36.5 Å². The number of hydrogen-bond donors (Lipinski definition) is 1. The summed E-state index contributed by atoms with van der Waals surface area (Å²) in [4.78, 5) is 0. The summed E-state index contributed by atoms with van der Waals surface area (Å²) in [5, 5.41) is 7.91. The van der Waals surface area contributed by atoms with Gasteiger partial charge in [-0.2, -0.15) is 5.10 Å². The lowest BCUT2D eigenvalue weighted by molar-refractivity contribution is 0.189. The third-order valence-corrected chi connectivity index (χ3v) is 2.96. The minimum absolute atomic E-state index is 0.435. The second-order valence-corrected chi connectivity index (χ2v) is 4.71. The first-order chi connectivity index (χ1) is 8.17.